The highest BCUT2D eigenvalue weighted by atomic mass is 32.2. The fourth-order valence-corrected chi connectivity index (χ4v) is 4.38. The predicted molar refractivity (Wildman–Crippen MR) is 84.3 cm³/mol. The van der Waals surface area contributed by atoms with Crippen molar-refractivity contribution in [3.05, 3.63) is 0 Å². The molecule has 6 heteroatoms. The molecular weight excluding hydrogens is 280 g/mol. The first-order valence-electron chi connectivity index (χ1n) is 7.15. The summed E-state index contributed by atoms with van der Waals surface area (Å²) in [5.41, 5.74) is 0. The maximum Gasteiger partial charge on any atom is 0.211 e. The summed E-state index contributed by atoms with van der Waals surface area (Å²) < 4.78 is 26.7. The Balaban J connectivity index is 2.17. The standard InChI is InChI=1S/C13H28N2O2S2/c1-12(2)14-9-4-5-10-19(16,17)15-11-13(18-3)7-6-8-13/h12,14-15H,4-11H2,1-3H3. The summed E-state index contributed by atoms with van der Waals surface area (Å²) in [5.74, 6) is 0.247. The number of rotatable bonds is 10. The van der Waals surface area contributed by atoms with Crippen LogP contribution in [0.2, 0.25) is 0 Å². The van der Waals surface area contributed by atoms with Crippen molar-refractivity contribution in [3.8, 4) is 0 Å². The Morgan fingerprint density at radius 2 is 1.95 bits per heavy atom. The lowest BCUT2D eigenvalue weighted by Crippen LogP contribution is -2.45. The van der Waals surface area contributed by atoms with Crippen molar-refractivity contribution in [1.82, 2.24) is 10.0 Å². The molecule has 2 N–H and O–H groups in total. The maximum absolute atomic E-state index is 11.9. The van der Waals surface area contributed by atoms with Gasteiger partial charge < -0.3 is 5.32 Å². The van der Waals surface area contributed by atoms with E-state index in [1.54, 1.807) is 11.8 Å². The van der Waals surface area contributed by atoms with Crippen molar-refractivity contribution in [3.63, 3.8) is 0 Å². The van der Waals surface area contributed by atoms with Gasteiger partial charge in [0, 0.05) is 17.3 Å². The molecule has 0 spiro atoms. The van der Waals surface area contributed by atoms with E-state index in [0.717, 1.165) is 32.2 Å². The van der Waals surface area contributed by atoms with Crippen molar-refractivity contribution >= 4 is 21.8 Å². The second kappa shape index (κ2) is 7.86. The molecule has 1 fully saturated rings. The average Bonchev–Trinajstić information content (AvgIpc) is 2.27. The molecule has 0 radical (unpaired) electrons. The normalized spacial score (nSPS) is 18.5. The zero-order valence-corrected chi connectivity index (χ0v) is 14.0. The summed E-state index contributed by atoms with van der Waals surface area (Å²) in [4.78, 5) is 0. The first kappa shape index (κ1) is 17.3. The second-order valence-corrected chi connectivity index (χ2v) is 8.90. The van der Waals surface area contributed by atoms with E-state index in [4.69, 9.17) is 0 Å². The van der Waals surface area contributed by atoms with E-state index in [2.05, 4.69) is 30.1 Å². The minimum absolute atomic E-state index is 0.173. The summed E-state index contributed by atoms with van der Waals surface area (Å²) in [7, 11) is -3.09. The van der Waals surface area contributed by atoms with Gasteiger partial charge in [0.1, 0.15) is 0 Å². The van der Waals surface area contributed by atoms with E-state index >= 15 is 0 Å². The molecule has 0 atom stereocenters. The van der Waals surface area contributed by atoms with Gasteiger partial charge in [0.25, 0.3) is 0 Å². The molecule has 0 aliphatic heterocycles. The van der Waals surface area contributed by atoms with E-state index in [0.29, 0.717) is 12.6 Å². The lowest BCUT2D eigenvalue weighted by molar-refractivity contribution is 0.361. The van der Waals surface area contributed by atoms with Gasteiger partial charge in [-0.1, -0.05) is 20.3 Å². The van der Waals surface area contributed by atoms with Crippen molar-refractivity contribution in [2.75, 3.05) is 25.1 Å². The van der Waals surface area contributed by atoms with Gasteiger partial charge in [-0.05, 0) is 38.5 Å². The smallest absolute Gasteiger partial charge is 0.211 e. The molecule has 0 aromatic rings. The Labute approximate surface area is 122 Å². The lowest BCUT2D eigenvalue weighted by Gasteiger charge is -2.40. The summed E-state index contributed by atoms with van der Waals surface area (Å²) in [6, 6.07) is 0.467. The molecule has 0 unspecified atom stereocenters. The fourth-order valence-electron chi connectivity index (χ4n) is 2.15. The van der Waals surface area contributed by atoms with Gasteiger partial charge in [-0.3, -0.25) is 0 Å². The largest absolute Gasteiger partial charge is 0.315 e. The quantitative estimate of drug-likeness (QED) is 0.606. The molecule has 1 aliphatic rings. The lowest BCUT2D eigenvalue weighted by atomic mass is 9.84. The predicted octanol–water partition coefficient (Wildman–Crippen LogP) is 1.97. The van der Waals surface area contributed by atoms with E-state index in [9.17, 15) is 8.42 Å². The van der Waals surface area contributed by atoms with Crippen LogP contribution in [0.3, 0.4) is 0 Å². The Morgan fingerprint density at radius 3 is 2.42 bits per heavy atom. The van der Waals surface area contributed by atoms with Gasteiger partial charge in [0.2, 0.25) is 10.0 Å². The number of hydrogen-bond donors (Lipinski definition) is 2. The molecule has 0 bridgehead atoms. The fraction of sp³-hybridized carbons (Fsp3) is 1.00. The van der Waals surface area contributed by atoms with Gasteiger partial charge >= 0.3 is 0 Å². The van der Waals surface area contributed by atoms with E-state index < -0.39 is 10.0 Å². The van der Waals surface area contributed by atoms with Crippen LogP contribution < -0.4 is 10.0 Å². The molecule has 0 aromatic heterocycles. The maximum atomic E-state index is 11.9. The van der Waals surface area contributed by atoms with Crippen LogP contribution in [-0.2, 0) is 10.0 Å². The molecule has 0 aromatic carbocycles. The van der Waals surface area contributed by atoms with Crippen molar-refractivity contribution in [1.29, 1.82) is 0 Å². The van der Waals surface area contributed by atoms with Crippen molar-refractivity contribution < 1.29 is 8.42 Å². The molecule has 0 amide bonds. The van der Waals surface area contributed by atoms with Gasteiger partial charge in [-0.15, -0.1) is 0 Å². The Hall–Kier alpha value is 0.220. The first-order valence-corrected chi connectivity index (χ1v) is 10.0. The highest BCUT2D eigenvalue weighted by Gasteiger charge is 2.36. The third kappa shape index (κ3) is 6.47. The third-order valence-corrected chi connectivity index (χ3v) is 6.53. The van der Waals surface area contributed by atoms with Gasteiger partial charge in [0.15, 0.2) is 0 Å². The highest BCUT2D eigenvalue weighted by Crippen LogP contribution is 2.42. The SMILES string of the molecule is CSC1(CNS(=O)(=O)CCCCNC(C)C)CCC1. The molecule has 0 heterocycles. The minimum Gasteiger partial charge on any atom is -0.315 e. The Bertz CT molecular complexity index is 346. The highest BCUT2D eigenvalue weighted by molar-refractivity contribution is 8.00. The summed E-state index contributed by atoms with van der Waals surface area (Å²) in [5, 5.41) is 3.30. The van der Waals surface area contributed by atoms with Gasteiger partial charge in [-0.2, -0.15) is 11.8 Å². The molecule has 1 rings (SSSR count). The molecule has 0 saturated heterocycles. The Morgan fingerprint density at radius 1 is 1.26 bits per heavy atom. The van der Waals surface area contributed by atoms with Gasteiger partial charge in [-0.25, -0.2) is 13.1 Å². The topological polar surface area (TPSA) is 58.2 Å². The van der Waals surface area contributed by atoms with Gasteiger partial charge in [0.05, 0.1) is 5.75 Å². The number of sulfonamides is 1. The van der Waals surface area contributed by atoms with Crippen LogP contribution in [0.4, 0.5) is 0 Å². The van der Waals surface area contributed by atoms with Crippen molar-refractivity contribution in [2.24, 2.45) is 0 Å². The molecule has 1 saturated carbocycles. The number of nitrogens with one attached hydrogen (secondary N) is 2. The van der Waals surface area contributed by atoms with E-state index in [1.807, 2.05) is 0 Å². The van der Waals surface area contributed by atoms with Crippen LogP contribution in [0, 0.1) is 0 Å². The molecule has 1 aliphatic carbocycles. The van der Waals surface area contributed by atoms with E-state index in [1.165, 1.54) is 6.42 Å². The average molecular weight is 309 g/mol. The van der Waals surface area contributed by atoms with Crippen LogP contribution in [0.1, 0.15) is 46.0 Å². The molecule has 114 valence electrons. The molecular formula is C13H28N2O2S2. The van der Waals surface area contributed by atoms with Crippen LogP contribution in [0.25, 0.3) is 0 Å². The molecule has 4 nitrogen and oxygen atoms in total. The van der Waals surface area contributed by atoms with Crippen LogP contribution in [0.15, 0.2) is 0 Å². The minimum atomic E-state index is -3.09. The second-order valence-electron chi connectivity index (χ2n) is 5.70. The third-order valence-electron chi connectivity index (χ3n) is 3.70. The van der Waals surface area contributed by atoms with Crippen LogP contribution in [0.5, 0.6) is 0 Å². The van der Waals surface area contributed by atoms with Crippen LogP contribution >= 0.6 is 11.8 Å². The summed E-state index contributed by atoms with van der Waals surface area (Å²) in [6.45, 7) is 5.68. The van der Waals surface area contributed by atoms with Crippen molar-refractivity contribution in [2.45, 2.75) is 56.7 Å². The number of unbranched alkanes of at least 4 members (excludes halogenated alkanes) is 1. The number of thioether (sulfide) groups is 1. The zero-order valence-electron chi connectivity index (χ0n) is 12.4. The van der Waals surface area contributed by atoms with Crippen LogP contribution in [-0.4, -0.2) is 44.3 Å². The Kier molecular flexibility index (Phi) is 7.14. The first-order chi connectivity index (χ1) is 8.89. The molecule has 19 heavy (non-hydrogen) atoms. The monoisotopic (exact) mass is 308 g/mol. The number of hydrogen-bond acceptors (Lipinski definition) is 4. The van der Waals surface area contributed by atoms with E-state index in [-0.39, 0.29) is 10.5 Å². The summed E-state index contributed by atoms with van der Waals surface area (Å²) in [6.07, 6.45) is 7.20. The zero-order chi connectivity index (χ0) is 14.4. The summed E-state index contributed by atoms with van der Waals surface area (Å²) >= 11 is 1.80.